The van der Waals surface area contributed by atoms with Crippen molar-refractivity contribution in [3.05, 3.63) is 48.0 Å². The normalized spacial score (nSPS) is 8.25. The van der Waals surface area contributed by atoms with Crippen LogP contribution in [0, 0.1) is 0 Å². The third-order valence-corrected chi connectivity index (χ3v) is 1.93. The van der Waals surface area contributed by atoms with Gasteiger partial charge in [0.25, 0.3) is 0 Å². The second-order valence-corrected chi connectivity index (χ2v) is 3.53. The largest absolute Gasteiger partial charge is 0.478 e. The SMILES string of the molecule is C=CC(=O)O.CCOC(=O)NO.O=C(O)c1ccccc1C(=O)O. The summed E-state index contributed by atoms with van der Waals surface area (Å²) in [5.41, 5.74) is 0.925. The molecule has 0 unspecified atom stereocenters. The van der Waals surface area contributed by atoms with Crippen LogP contribution in [-0.2, 0) is 9.53 Å². The molecule has 0 spiro atoms. The summed E-state index contributed by atoms with van der Waals surface area (Å²) in [6.45, 7) is 4.88. The fraction of sp³-hybridized carbons (Fsp3) is 0.143. The molecule has 0 aliphatic carbocycles. The van der Waals surface area contributed by atoms with Gasteiger partial charge in [0.1, 0.15) is 0 Å². The molecule has 0 aromatic heterocycles. The van der Waals surface area contributed by atoms with Gasteiger partial charge in [0.05, 0.1) is 17.7 Å². The van der Waals surface area contributed by atoms with Crippen LogP contribution in [0.5, 0.6) is 0 Å². The molecular weight excluding hydrogens is 326 g/mol. The molecule has 1 aromatic carbocycles. The predicted molar refractivity (Wildman–Crippen MR) is 80.1 cm³/mol. The van der Waals surface area contributed by atoms with Gasteiger partial charge in [-0.05, 0) is 19.1 Å². The highest BCUT2D eigenvalue weighted by molar-refractivity contribution is 6.01. The number of benzene rings is 1. The highest BCUT2D eigenvalue weighted by Crippen LogP contribution is 2.07. The third kappa shape index (κ3) is 11.3. The molecule has 0 saturated carbocycles. The quantitative estimate of drug-likeness (QED) is 0.308. The zero-order valence-corrected chi connectivity index (χ0v) is 12.6. The van der Waals surface area contributed by atoms with Crippen LogP contribution in [-0.4, -0.2) is 51.1 Å². The molecule has 1 amide bonds. The lowest BCUT2D eigenvalue weighted by molar-refractivity contribution is -0.131. The molecule has 0 fully saturated rings. The maximum atomic E-state index is 10.5. The van der Waals surface area contributed by atoms with E-state index in [-0.39, 0.29) is 17.7 Å². The van der Waals surface area contributed by atoms with Crippen molar-refractivity contribution in [1.29, 1.82) is 0 Å². The standard InChI is InChI=1S/C8H6O4.C3H7NO3.C3H4O2/c9-7(10)5-3-1-2-4-6(5)8(11)12;1-2-7-3(5)4-6;1-2-3(4)5/h1-4H,(H,9,10)(H,11,12);6H,2H2,1H3,(H,4,5);2H,1H2,(H,4,5). The highest BCUT2D eigenvalue weighted by atomic mass is 16.6. The molecular formula is C14H17NO9. The van der Waals surface area contributed by atoms with Crippen molar-refractivity contribution in [2.45, 2.75) is 6.92 Å². The van der Waals surface area contributed by atoms with E-state index in [1.165, 1.54) is 29.7 Å². The monoisotopic (exact) mass is 343 g/mol. The average Bonchev–Trinajstić information content (AvgIpc) is 2.56. The van der Waals surface area contributed by atoms with Crippen molar-refractivity contribution in [3.8, 4) is 0 Å². The van der Waals surface area contributed by atoms with Gasteiger partial charge in [-0.3, -0.25) is 5.21 Å². The van der Waals surface area contributed by atoms with Gasteiger partial charge in [0.2, 0.25) is 0 Å². The smallest absolute Gasteiger partial charge is 0.431 e. The number of carboxylic acids is 3. The summed E-state index contributed by atoms with van der Waals surface area (Å²) >= 11 is 0. The van der Waals surface area contributed by atoms with Crippen molar-refractivity contribution >= 4 is 24.0 Å². The minimum Gasteiger partial charge on any atom is -0.478 e. The number of carboxylic acid groups (broad SMARTS) is 3. The van der Waals surface area contributed by atoms with Crippen molar-refractivity contribution in [1.82, 2.24) is 5.48 Å². The molecule has 24 heavy (non-hydrogen) atoms. The number of carbonyl (C=O) groups excluding carboxylic acids is 1. The van der Waals surface area contributed by atoms with Gasteiger partial charge in [-0.2, -0.15) is 0 Å². The number of carbonyl (C=O) groups is 4. The van der Waals surface area contributed by atoms with E-state index in [9.17, 15) is 19.2 Å². The number of amides is 1. The second-order valence-electron chi connectivity index (χ2n) is 3.53. The van der Waals surface area contributed by atoms with Crippen LogP contribution >= 0.6 is 0 Å². The molecule has 0 atom stereocenters. The van der Waals surface area contributed by atoms with Crippen LogP contribution in [0.1, 0.15) is 27.6 Å². The summed E-state index contributed by atoms with van der Waals surface area (Å²) < 4.78 is 4.19. The van der Waals surface area contributed by atoms with E-state index in [1.54, 1.807) is 6.92 Å². The first-order valence-corrected chi connectivity index (χ1v) is 6.19. The van der Waals surface area contributed by atoms with E-state index < -0.39 is 24.0 Å². The number of nitrogens with one attached hydrogen (secondary N) is 1. The van der Waals surface area contributed by atoms with Crippen molar-refractivity contribution < 1.29 is 44.4 Å². The Morgan fingerprint density at radius 1 is 1.08 bits per heavy atom. The molecule has 0 bridgehead atoms. The number of ether oxygens (including phenoxy) is 1. The Kier molecular flexibility index (Phi) is 12.7. The van der Waals surface area contributed by atoms with Gasteiger partial charge in [-0.25, -0.2) is 24.7 Å². The summed E-state index contributed by atoms with van der Waals surface area (Å²) in [4.78, 5) is 40.0. The number of aliphatic carboxylic acids is 1. The molecule has 0 saturated heterocycles. The first-order valence-electron chi connectivity index (χ1n) is 6.19. The number of hydroxylamine groups is 1. The number of hydrogen-bond acceptors (Lipinski definition) is 6. The first kappa shape index (κ1) is 22.9. The predicted octanol–water partition coefficient (Wildman–Crippen LogP) is 1.46. The summed E-state index contributed by atoms with van der Waals surface area (Å²) in [6.07, 6.45) is 0.0162. The van der Waals surface area contributed by atoms with E-state index in [4.69, 9.17) is 20.5 Å². The third-order valence-electron chi connectivity index (χ3n) is 1.93. The molecule has 1 rings (SSSR count). The van der Waals surface area contributed by atoms with Crippen LogP contribution in [0.2, 0.25) is 0 Å². The summed E-state index contributed by atoms with van der Waals surface area (Å²) in [6, 6.07) is 5.48. The maximum Gasteiger partial charge on any atom is 0.431 e. The summed E-state index contributed by atoms with van der Waals surface area (Å²) in [5.74, 6) is -3.44. The van der Waals surface area contributed by atoms with E-state index in [0.717, 1.165) is 6.08 Å². The Hall–Kier alpha value is -3.40. The van der Waals surface area contributed by atoms with E-state index in [1.807, 2.05) is 0 Å². The molecule has 0 heterocycles. The van der Waals surface area contributed by atoms with Gasteiger partial charge < -0.3 is 20.1 Å². The Balaban J connectivity index is 0. The van der Waals surface area contributed by atoms with Crippen LogP contribution in [0.15, 0.2) is 36.9 Å². The molecule has 10 heteroatoms. The fourth-order valence-corrected chi connectivity index (χ4v) is 1.02. The zero-order chi connectivity index (χ0) is 19.1. The van der Waals surface area contributed by atoms with Gasteiger partial charge >= 0.3 is 24.0 Å². The Bertz CT molecular complexity index is 550. The minimum atomic E-state index is -1.23. The Morgan fingerprint density at radius 2 is 1.46 bits per heavy atom. The lowest BCUT2D eigenvalue weighted by Crippen LogP contribution is -2.19. The number of hydrogen-bond donors (Lipinski definition) is 5. The van der Waals surface area contributed by atoms with Crippen molar-refractivity contribution in [2.75, 3.05) is 6.61 Å². The Morgan fingerprint density at radius 3 is 1.62 bits per heavy atom. The first-order chi connectivity index (χ1) is 11.2. The van der Waals surface area contributed by atoms with Gasteiger partial charge in [-0.1, -0.05) is 18.7 Å². The Labute approximate surface area is 136 Å². The van der Waals surface area contributed by atoms with E-state index in [0.29, 0.717) is 0 Å². The van der Waals surface area contributed by atoms with Crippen LogP contribution in [0.25, 0.3) is 0 Å². The fourth-order valence-electron chi connectivity index (χ4n) is 1.02. The number of rotatable bonds is 4. The maximum absolute atomic E-state index is 10.5. The molecule has 10 nitrogen and oxygen atoms in total. The van der Waals surface area contributed by atoms with Crippen molar-refractivity contribution in [3.63, 3.8) is 0 Å². The average molecular weight is 343 g/mol. The molecule has 132 valence electrons. The minimum absolute atomic E-state index is 0.190. The van der Waals surface area contributed by atoms with Gasteiger partial charge in [-0.15, -0.1) is 0 Å². The summed E-state index contributed by atoms with van der Waals surface area (Å²) in [5, 5.41) is 32.4. The van der Waals surface area contributed by atoms with Gasteiger partial charge in [0, 0.05) is 6.08 Å². The molecule has 0 aliphatic rings. The second kappa shape index (κ2) is 13.3. The molecule has 0 radical (unpaired) electrons. The summed E-state index contributed by atoms with van der Waals surface area (Å²) in [7, 11) is 0. The lowest BCUT2D eigenvalue weighted by Gasteiger charge is -1.98. The molecule has 0 aliphatic heterocycles. The topological polar surface area (TPSA) is 170 Å². The van der Waals surface area contributed by atoms with Crippen LogP contribution in [0.3, 0.4) is 0 Å². The van der Waals surface area contributed by atoms with Crippen LogP contribution in [0.4, 0.5) is 4.79 Å². The van der Waals surface area contributed by atoms with Crippen molar-refractivity contribution in [2.24, 2.45) is 0 Å². The van der Waals surface area contributed by atoms with E-state index in [2.05, 4.69) is 11.3 Å². The zero-order valence-electron chi connectivity index (χ0n) is 12.6. The highest BCUT2D eigenvalue weighted by Gasteiger charge is 2.13. The molecule has 1 aromatic rings. The number of aromatic carboxylic acids is 2. The van der Waals surface area contributed by atoms with E-state index >= 15 is 0 Å². The van der Waals surface area contributed by atoms with Gasteiger partial charge in [0.15, 0.2) is 0 Å². The van der Waals surface area contributed by atoms with Crippen LogP contribution < -0.4 is 5.48 Å². The lowest BCUT2D eigenvalue weighted by atomic mass is 10.1. The molecule has 5 N–H and O–H groups in total.